The highest BCUT2D eigenvalue weighted by atomic mass is 16.1. The van der Waals surface area contributed by atoms with Crippen molar-refractivity contribution in [2.45, 2.75) is 32.7 Å². The zero-order chi connectivity index (χ0) is 6.85. The first-order valence-corrected chi connectivity index (χ1v) is 3.48. The molecule has 0 spiro atoms. The lowest BCUT2D eigenvalue weighted by Crippen LogP contribution is -2.39. The summed E-state index contributed by atoms with van der Waals surface area (Å²) in [5.74, 6) is 0.787. The van der Waals surface area contributed by atoms with Gasteiger partial charge in [-0.2, -0.15) is 0 Å². The lowest BCUT2D eigenvalue weighted by molar-refractivity contribution is -0.124. The first-order valence-electron chi connectivity index (χ1n) is 3.48. The number of hydrogen-bond acceptors (Lipinski definition) is 1. The third kappa shape index (κ3) is 1.70. The first-order chi connectivity index (χ1) is 4.18. The molecule has 1 amide bonds. The molecule has 0 saturated carbocycles. The fourth-order valence-electron chi connectivity index (χ4n) is 1.40. The molecule has 1 heterocycles. The van der Waals surface area contributed by atoms with Crippen molar-refractivity contribution in [1.29, 1.82) is 0 Å². The van der Waals surface area contributed by atoms with Crippen LogP contribution in [0.25, 0.3) is 0 Å². The van der Waals surface area contributed by atoms with E-state index in [2.05, 4.69) is 12.2 Å². The quantitative estimate of drug-likeness (QED) is 0.515. The van der Waals surface area contributed by atoms with Gasteiger partial charge in [0.2, 0.25) is 5.91 Å². The van der Waals surface area contributed by atoms with Gasteiger partial charge in [0.05, 0.1) is 0 Å². The number of nitrogens with one attached hydrogen (secondary N) is 1. The minimum absolute atomic E-state index is 0.209. The molecule has 0 bridgehead atoms. The Hall–Kier alpha value is -0.530. The Balaban J connectivity index is 2.43. The third-order valence-electron chi connectivity index (χ3n) is 1.70. The molecule has 1 aliphatic rings. The predicted molar refractivity (Wildman–Crippen MR) is 36.0 cm³/mol. The molecule has 1 aliphatic heterocycles. The van der Waals surface area contributed by atoms with Crippen LogP contribution in [0, 0.1) is 5.92 Å². The van der Waals surface area contributed by atoms with Crippen molar-refractivity contribution in [2.24, 2.45) is 5.92 Å². The number of amides is 1. The van der Waals surface area contributed by atoms with Crippen LogP contribution in [0.3, 0.4) is 0 Å². The fourth-order valence-corrected chi connectivity index (χ4v) is 1.40. The summed E-state index contributed by atoms with van der Waals surface area (Å²) >= 11 is 0. The zero-order valence-electron chi connectivity index (χ0n) is 5.98. The monoisotopic (exact) mass is 127 g/mol. The van der Waals surface area contributed by atoms with Crippen molar-refractivity contribution in [3.63, 3.8) is 0 Å². The Morgan fingerprint density at radius 2 is 2.22 bits per heavy atom. The van der Waals surface area contributed by atoms with Gasteiger partial charge in [0, 0.05) is 12.5 Å². The van der Waals surface area contributed by atoms with E-state index in [1.807, 2.05) is 6.92 Å². The van der Waals surface area contributed by atoms with E-state index in [1.54, 1.807) is 0 Å². The zero-order valence-corrected chi connectivity index (χ0v) is 5.98. The molecule has 1 rings (SSSR count). The van der Waals surface area contributed by atoms with Crippen molar-refractivity contribution >= 4 is 5.91 Å². The minimum atomic E-state index is 0.209. The molecule has 0 aromatic rings. The first kappa shape index (κ1) is 6.59. The van der Waals surface area contributed by atoms with Gasteiger partial charge in [-0.15, -0.1) is 0 Å². The Morgan fingerprint density at radius 3 is 2.67 bits per heavy atom. The van der Waals surface area contributed by atoms with Gasteiger partial charge in [0.1, 0.15) is 0 Å². The van der Waals surface area contributed by atoms with Crippen molar-refractivity contribution in [3.05, 3.63) is 0 Å². The van der Waals surface area contributed by atoms with E-state index < -0.39 is 0 Å². The van der Waals surface area contributed by atoms with Gasteiger partial charge in [-0.25, -0.2) is 0 Å². The van der Waals surface area contributed by atoms with Gasteiger partial charge in [0.15, 0.2) is 0 Å². The minimum Gasteiger partial charge on any atom is -0.354 e. The highest BCUT2D eigenvalue weighted by Crippen LogP contribution is 2.14. The molecule has 0 aliphatic carbocycles. The summed E-state index contributed by atoms with van der Waals surface area (Å²) < 4.78 is 0. The molecule has 52 valence electrons. The summed E-state index contributed by atoms with van der Waals surface area (Å²) in [4.78, 5) is 10.8. The van der Waals surface area contributed by atoms with Crippen LogP contribution in [-0.2, 0) is 4.79 Å². The van der Waals surface area contributed by atoms with Crippen LogP contribution in [0.1, 0.15) is 26.7 Å². The number of hydrogen-bond donors (Lipinski definition) is 1. The molecular formula is C7H13NO. The molecular weight excluding hydrogens is 114 g/mol. The van der Waals surface area contributed by atoms with Gasteiger partial charge in [-0.05, 0) is 19.3 Å². The molecule has 2 heteroatoms. The lowest BCUT2D eigenvalue weighted by Gasteiger charge is -2.24. The summed E-state index contributed by atoms with van der Waals surface area (Å²) in [5, 5.41) is 2.87. The molecule has 1 N–H and O–H groups in total. The second-order valence-corrected chi connectivity index (χ2v) is 3.01. The highest BCUT2D eigenvalue weighted by molar-refractivity contribution is 5.77. The predicted octanol–water partition coefficient (Wildman–Crippen LogP) is 0.921. The SMILES string of the molecule is C[C@@H]1CC(=O)N[C@@H](C)C1. The third-order valence-corrected chi connectivity index (χ3v) is 1.70. The Labute approximate surface area is 55.6 Å². The van der Waals surface area contributed by atoms with Crippen LogP contribution in [0.5, 0.6) is 0 Å². The Bertz CT molecular complexity index is 110. The largest absolute Gasteiger partial charge is 0.354 e. The number of rotatable bonds is 0. The number of piperidine rings is 1. The van der Waals surface area contributed by atoms with Crippen LogP contribution in [0.15, 0.2) is 0 Å². The fraction of sp³-hybridized carbons (Fsp3) is 0.857. The maximum Gasteiger partial charge on any atom is 0.220 e. The van der Waals surface area contributed by atoms with Gasteiger partial charge in [0.25, 0.3) is 0 Å². The van der Waals surface area contributed by atoms with Crippen LogP contribution in [-0.4, -0.2) is 11.9 Å². The smallest absolute Gasteiger partial charge is 0.220 e. The van der Waals surface area contributed by atoms with Crippen molar-refractivity contribution in [1.82, 2.24) is 5.32 Å². The van der Waals surface area contributed by atoms with E-state index >= 15 is 0 Å². The second-order valence-electron chi connectivity index (χ2n) is 3.01. The van der Waals surface area contributed by atoms with Crippen LogP contribution < -0.4 is 5.32 Å². The summed E-state index contributed by atoms with van der Waals surface area (Å²) in [6.07, 6.45) is 1.84. The lowest BCUT2D eigenvalue weighted by atomic mass is 9.95. The highest BCUT2D eigenvalue weighted by Gasteiger charge is 2.19. The maximum atomic E-state index is 10.8. The van der Waals surface area contributed by atoms with Crippen LogP contribution in [0.2, 0.25) is 0 Å². The van der Waals surface area contributed by atoms with E-state index in [9.17, 15) is 4.79 Å². The topological polar surface area (TPSA) is 29.1 Å². The average Bonchev–Trinajstić information content (AvgIpc) is 1.59. The summed E-state index contributed by atoms with van der Waals surface area (Å²) in [6.45, 7) is 4.17. The van der Waals surface area contributed by atoms with E-state index in [0.717, 1.165) is 6.42 Å². The second kappa shape index (κ2) is 2.38. The number of carbonyl (C=O) groups is 1. The summed E-state index contributed by atoms with van der Waals surface area (Å²) in [5.41, 5.74) is 0. The summed E-state index contributed by atoms with van der Waals surface area (Å²) in [6, 6.07) is 0.390. The normalized spacial score (nSPS) is 36.0. The molecule has 1 saturated heterocycles. The Kier molecular flexibility index (Phi) is 1.74. The molecule has 2 atom stereocenters. The maximum absolute atomic E-state index is 10.8. The molecule has 9 heavy (non-hydrogen) atoms. The van der Waals surface area contributed by atoms with Gasteiger partial charge in [-0.3, -0.25) is 4.79 Å². The molecule has 0 unspecified atom stereocenters. The summed E-state index contributed by atoms with van der Waals surface area (Å²) in [7, 11) is 0. The number of carbonyl (C=O) groups excluding carboxylic acids is 1. The van der Waals surface area contributed by atoms with Gasteiger partial charge in [-0.1, -0.05) is 6.92 Å². The molecule has 1 fully saturated rings. The van der Waals surface area contributed by atoms with Crippen LogP contribution >= 0.6 is 0 Å². The van der Waals surface area contributed by atoms with E-state index in [1.165, 1.54) is 0 Å². The van der Waals surface area contributed by atoms with Crippen LogP contribution in [0.4, 0.5) is 0 Å². The van der Waals surface area contributed by atoms with E-state index in [4.69, 9.17) is 0 Å². The Morgan fingerprint density at radius 1 is 1.56 bits per heavy atom. The molecule has 0 aromatic heterocycles. The standard InChI is InChI=1S/C7H13NO/c1-5-3-6(2)8-7(9)4-5/h5-6H,3-4H2,1-2H3,(H,8,9)/t5-,6-/m0/s1. The van der Waals surface area contributed by atoms with Crippen molar-refractivity contribution in [2.75, 3.05) is 0 Å². The van der Waals surface area contributed by atoms with E-state index in [0.29, 0.717) is 18.4 Å². The van der Waals surface area contributed by atoms with Crippen molar-refractivity contribution in [3.8, 4) is 0 Å². The van der Waals surface area contributed by atoms with E-state index in [-0.39, 0.29) is 5.91 Å². The average molecular weight is 127 g/mol. The van der Waals surface area contributed by atoms with Gasteiger partial charge < -0.3 is 5.32 Å². The molecule has 2 nitrogen and oxygen atoms in total. The molecule has 0 radical (unpaired) electrons. The van der Waals surface area contributed by atoms with Gasteiger partial charge >= 0.3 is 0 Å². The van der Waals surface area contributed by atoms with Crippen molar-refractivity contribution < 1.29 is 4.79 Å². The molecule has 0 aromatic carbocycles.